The molecule has 1 saturated heterocycles. The molecule has 1 fully saturated rings. The summed E-state index contributed by atoms with van der Waals surface area (Å²) in [6.45, 7) is 1.92. The van der Waals surface area contributed by atoms with Crippen LogP contribution in [0, 0.1) is 0 Å². The quantitative estimate of drug-likeness (QED) is 0.776. The van der Waals surface area contributed by atoms with Gasteiger partial charge in [-0.1, -0.05) is 24.3 Å². The first-order valence-corrected chi connectivity index (χ1v) is 7.59. The van der Waals surface area contributed by atoms with Gasteiger partial charge in [-0.25, -0.2) is 0 Å². The molecule has 1 aromatic carbocycles. The van der Waals surface area contributed by atoms with Crippen molar-refractivity contribution in [1.29, 1.82) is 0 Å². The van der Waals surface area contributed by atoms with Gasteiger partial charge in [-0.05, 0) is 29.5 Å². The third-order valence-electron chi connectivity index (χ3n) is 3.78. The highest BCUT2D eigenvalue weighted by molar-refractivity contribution is 7.08. The maximum atomic E-state index is 6.03. The summed E-state index contributed by atoms with van der Waals surface area (Å²) >= 11 is 1.75. The van der Waals surface area contributed by atoms with Crippen LogP contribution in [0.3, 0.4) is 0 Å². The van der Waals surface area contributed by atoms with Gasteiger partial charge in [-0.3, -0.25) is 0 Å². The molecule has 3 heteroatoms. The van der Waals surface area contributed by atoms with Crippen LogP contribution >= 0.6 is 11.3 Å². The van der Waals surface area contributed by atoms with E-state index in [1.165, 1.54) is 22.4 Å². The molecule has 2 nitrogen and oxygen atoms in total. The Labute approximate surface area is 116 Å². The zero-order valence-corrected chi connectivity index (χ0v) is 11.4. The van der Waals surface area contributed by atoms with Crippen molar-refractivity contribution in [1.82, 2.24) is 4.90 Å². The maximum Gasteiger partial charge on any atom is 0.157 e. The molecule has 0 spiro atoms. The minimum Gasteiger partial charge on any atom is -0.354 e. The second-order valence-electron chi connectivity index (χ2n) is 4.94. The van der Waals surface area contributed by atoms with Gasteiger partial charge in [0.1, 0.15) is 0 Å². The predicted octanol–water partition coefficient (Wildman–Crippen LogP) is 3.98. The van der Waals surface area contributed by atoms with Gasteiger partial charge >= 0.3 is 0 Å². The molecule has 0 aliphatic carbocycles. The number of hydrogen-bond donors (Lipinski definition) is 0. The molecule has 1 atom stereocenters. The normalized spacial score (nSPS) is 21.6. The second kappa shape index (κ2) is 4.51. The van der Waals surface area contributed by atoms with Crippen LogP contribution in [0.1, 0.15) is 29.3 Å². The van der Waals surface area contributed by atoms with Crippen LogP contribution in [0.2, 0.25) is 0 Å². The van der Waals surface area contributed by atoms with E-state index >= 15 is 0 Å². The van der Waals surface area contributed by atoms with Crippen molar-refractivity contribution in [3.05, 3.63) is 57.8 Å². The van der Waals surface area contributed by atoms with Gasteiger partial charge in [0, 0.05) is 28.7 Å². The Morgan fingerprint density at radius 3 is 3.05 bits per heavy atom. The Hall–Kier alpha value is -1.58. The van der Waals surface area contributed by atoms with E-state index in [4.69, 9.17) is 4.74 Å². The minimum atomic E-state index is 0.0878. The lowest BCUT2D eigenvalue weighted by Gasteiger charge is -2.42. The molecule has 1 aromatic heterocycles. The maximum absolute atomic E-state index is 6.03. The fraction of sp³-hybridized carbons (Fsp3) is 0.250. The highest BCUT2D eigenvalue weighted by atomic mass is 32.1. The molecule has 19 heavy (non-hydrogen) atoms. The summed E-state index contributed by atoms with van der Waals surface area (Å²) in [5, 5.41) is 4.35. The van der Waals surface area contributed by atoms with Gasteiger partial charge < -0.3 is 9.64 Å². The van der Waals surface area contributed by atoms with E-state index < -0.39 is 0 Å². The number of rotatable bonds is 1. The van der Waals surface area contributed by atoms with Gasteiger partial charge in [-0.15, -0.1) is 0 Å². The molecular weight excluding hydrogens is 254 g/mol. The number of fused-ring (bicyclic) bond motifs is 3. The molecule has 0 bridgehead atoms. The molecular formula is C16H15NOS. The van der Waals surface area contributed by atoms with E-state index in [9.17, 15) is 0 Å². The third kappa shape index (κ3) is 1.81. The van der Waals surface area contributed by atoms with E-state index in [0.717, 1.165) is 19.6 Å². The van der Waals surface area contributed by atoms with E-state index in [-0.39, 0.29) is 6.23 Å². The summed E-state index contributed by atoms with van der Waals surface area (Å²) in [7, 11) is 0. The van der Waals surface area contributed by atoms with Crippen molar-refractivity contribution in [2.24, 2.45) is 0 Å². The molecule has 4 rings (SSSR count). The molecule has 0 saturated carbocycles. The van der Waals surface area contributed by atoms with E-state index in [2.05, 4.69) is 52.1 Å². The van der Waals surface area contributed by atoms with Crippen LogP contribution in [0.25, 0.3) is 11.8 Å². The predicted molar refractivity (Wildman–Crippen MR) is 78.6 cm³/mol. The number of ether oxygens (including phenoxy) is 1. The van der Waals surface area contributed by atoms with Gasteiger partial charge in [-0.2, -0.15) is 11.3 Å². The van der Waals surface area contributed by atoms with Crippen LogP contribution in [-0.2, 0) is 4.74 Å². The fourth-order valence-corrected chi connectivity index (χ4v) is 3.55. The number of benzene rings is 1. The van der Waals surface area contributed by atoms with Crippen molar-refractivity contribution in [3.63, 3.8) is 0 Å². The Kier molecular flexibility index (Phi) is 2.67. The zero-order chi connectivity index (χ0) is 12.7. The standard InChI is InChI=1S/C16H15NOS/c1-2-5-14-12(4-1)10-15(13-6-9-19-11-13)17-7-3-8-18-16(14)17/h1-2,4-6,9-11,16H,3,7-8H2. The molecule has 2 aromatic rings. The van der Waals surface area contributed by atoms with Gasteiger partial charge in [0.05, 0.1) is 6.61 Å². The summed E-state index contributed by atoms with van der Waals surface area (Å²) in [5.74, 6) is 0. The molecule has 1 unspecified atom stereocenters. The molecule has 2 aliphatic rings. The fourth-order valence-electron chi connectivity index (χ4n) is 2.90. The number of thiophene rings is 1. The van der Waals surface area contributed by atoms with Crippen LogP contribution in [0.4, 0.5) is 0 Å². The Morgan fingerprint density at radius 1 is 1.21 bits per heavy atom. The monoisotopic (exact) mass is 269 g/mol. The van der Waals surface area contributed by atoms with E-state index in [1.54, 1.807) is 11.3 Å². The van der Waals surface area contributed by atoms with Gasteiger partial charge in [0.25, 0.3) is 0 Å². The number of hydrogen-bond acceptors (Lipinski definition) is 3. The minimum absolute atomic E-state index is 0.0878. The first kappa shape index (κ1) is 11.3. The molecule has 2 aliphatic heterocycles. The molecule has 0 amide bonds. The zero-order valence-electron chi connectivity index (χ0n) is 10.6. The lowest BCUT2D eigenvalue weighted by atomic mass is 9.96. The molecule has 0 N–H and O–H groups in total. The highest BCUT2D eigenvalue weighted by Crippen LogP contribution is 2.41. The average Bonchev–Trinajstić information content (AvgIpc) is 3.00. The van der Waals surface area contributed by atoms with E-state index in [1.807, 2.05) is 0 Å². The first-order valence-electron chi connectivity index (χ1n) is 6.65. The van der Waals surface area contributed by atoms with Crippen molar-refractivity contribution in [2.45, 2.75) is 12.6 Å². The largest absolute Gasteiger partial charge is 0.354 e. The van der Waals surface area contributed by atoms with Crippen LogP contribution in [0.15, 0.2) is 41.1 Å². The summed E-state index contributed by atoms with van der Waals surface area (Å²) < 4.78 is 6.03. The van der Waals surface area contributed by atoms with Crippen LogP contribution in [-0.4, -0.2) is 18.1 Å². The average molecular weight is 269 g/mol. The lowest BCUT2D eigenvalue weighted by Crippen LogP contribution is -2.37. The van der Waals surface area contributed by atoms with Crippen molar-refractivity contribution >= 4 is 23.1 Å². The van der Waals surface area contributed by atoms with Crippen molar-refractivity contribution < 1.29 is 4.74 Å². The SMILES string of the molecule is C1=C(c2ccsc2)N2CCCOC2c2ccccc21. The second-order valence-corrected chi connectivity index (χ2v) is 5.72. The highest BCUT2D eigenvalue weighted by Gasteiger charge is 2.31. The first-order chi connectivity index (χ1) is 9.43. The molecule has 3 heterocycles. The van der Waals surface area contributed by atoms with Crippen molar-refractivity contribution in [3.8, 4) is 0 Å². The Balaban J connectivity index is 1.88. The van der Waals surface area contributed by atoms with Crippen LogP contribution < -0.4 is 0 Å². The number of nitrogens with zero attached hydrogens (tertiary/aromatic N) is 1. The molecule has 0 radical (unpaired) electrons. The third-order valence-corrected chi connectivity index (χ3v) is 4.47. The summed E-state index contributed by atoms with van der Waals surface area (Å²) in [4.78, 5) is 2.40. The summed E-state index contributed by atoms with van der Waals surface area (Å²) in [6, 6.07) is 10.7. The van der Waals surface area contributed by atoms with E-state index in [0.29, 0.717) is 0 Å². The smallest absolute Gasteiger partial charge is 0.157 e. The van der Waals surface area contributed by atoms with Gasteiger partial charge in [0.2, 0.25) is 0 Å². The lowest BCUT2D eigenvalue weighted by molar-refractivity contribution is -0.0700. The van der Waals surface area contributed by atoms with Crippen molar-refractivity contribution in [2.75, 3.05) is 13.2 Å². The summed E-state index contributed by atoms with van der Waals surface area (Å²) in [6.07, 6.45) is 3.48. The Morgan fingerprint density at radius 2 is 2.16 bits per heavy atom. The Bertz CT molecular complexity index is 617. The van der Waals surface area contributed by atoms with Crippen LogP contribution in [0.5, 0.6) is 0 Å². The molecule has 96 valence electrons. The summed E-state index contributed by atoms with van der Waals surface area (Å²) in [5.41, 5.74) is 5.17. The topological polar surface area (TPSA) is 12.5 Å². The van der Waals surface area contributed by atoms with Gasteiger partial charge in [0.15, 0.2) is 6.23 Å².